The Morgan fingerprint density at radius 1 is 1.16 bits per heavy atom. The summed E-state index contributed by atoms with van der Waals surface area (Å²) in [7, 11) is -2.51. The third kappa shape index (κ3) is 11.3. The number of benzene rings is 1. The van der Waals surface area contributed by atoms with Gasteiger partial charge in [0, 0.05) is 20.0 Å². The lowest BCUT2D eigenvalue weighted by Gasteiger charge is -2.38. The van der Waals surface area contributed by atoms with Crippen LogP contribution in [0.1, 0.15) is 90.0 Å². The number of hydrogen-bond acceptors (Lipinski definition) is 8. The van der Waals surface area contributed by atoms with Gasteiger partial charge >= 0.3 is 5.97 Å². The van der Waals surface area contributed by atoms with Crippen LogP contribution in [0.15, 0.2) is 28.1 Å². The SMILES string of the molecule is CC(=O)O.CCOC(=O)C1CC(C)CCN1C(=O)[C@H](CCCN=C(N)N)NS(=O)(=O)c1ccc(OC)c(C2CCCCC2)c1. The number of nitrogens with one attached hydrogen (secondary N) is 1. The predicted molar refractivity (Wildman–Crippen MR) is 167 cm³/mol. The molecule has 0 spiro atoms. The third-order valence-corrected chi connectivity index (χ3v) is 9.27. The number of hydrogen-bond donors (Lipinski definition) is 4. The number of aliphatic imine (C=N–C) groups is 1. The quantitative estimate of drug-likeness (QED) is 0.114. The van der Waals surface area contributed by atoms with Crippen molar-refractivity contribution in [1.29, 1.82) is 0 Å². The van der Waals surface area contributed by atoms with Crippen molar-refractivity contribution in [1.82, 2.24) is 9.62 Å². The standard InChI is InChI=1S/C28H45N5O6S.C2H4O2/c1-4-39-27(35)24-17-19(2)14-16-33(24)26(34)23(11-8-15-31-28(29)30)32-40(36,37)21-12-13-25(38-3)22(18-21)20-9-6-5-7-10-20;1-2(3)4/h12-13,18-20,23-24,32H,4-11,14-17H2,1-3H3,(H4,29,30,31);1H3,(H,3,4)/t19?,23-,24?;/m0./s1. The number of carboxylic acid groups (broad SMARTS) is 1. The van der Waals surface area contributed by atoms with Gasteiger partial charge in [-0.25, -0.2) is 13.2 Å². The second-order valence-electron chi connectivity index (χ2n) is 11.3. The lowest BCUT2D eigenvalue weighted by atomic mass is 9.84. The summed E-state index contributed by atoms with van der Waals surface area (Å²) >= 11 is 0. The fourth-order valence-corrected chi connectivity index (χ4v) is 6.93. The Bertz CT molecular complexity index is 1240. The lowest BCUT2D eigenvalue weighted by molar-refractivity contribution is -0.158. The number of esters is 1. The summed E-state index contributed by atoms with van der Waals surface area (Å²) in [5, 5.41) is 7.42. The molecule has 6 N–H and O–H groups in total. The summed E-state index contributed by atoms with van der Waals surface area (Å²) in [5.41, 5.74) is 11.7. The first kappa shape index (κ1) is 36.8. The molecule has 1 amide bonds. The third-order valence-electron chi connectivity index (χ3n) is 7.80. The Morgan fingerprint density at radius 2 is 1.82 bits per heavy atom. The molecule has 1 aromatic carbocycles. The van der Waals surface area contributed by atoms with Gasteiger partial charge in [-0.05, 0) is 81.0 Å². The monoisotopic (exact) mass is 639 g/mol. The van der Waals surface area contributed by atoms with E-state index in [-0.39, 0.29) is 42.3 Å². The minimum atomic E-state index is -4.10. The van der Waals surface area contributed by atoms with Crippen molar-refractivity contribution in [2.24, 2.45) is 22.4 Å². The largest absolute Gasteiger partial charge is 0.496 e. The minimum Gasteiger partial charge on any atom is -0.496 e. The summed E-state index contributed by atoms with van der Waals surface area (Å²) in [6.07, 6.45) is 6.98. The smallest absolute Gasteiger partial charge is 0.328 e. The number of nitrogens with zero attached hydrogens (tertiary/aromatic N) is 2. The first-order valence-electron chi connectivity index (χ1n) is 15.2. The fraction of sp³-hybridized carbons (Fsp3) is 0.667. The molecule has 1 aliphatic heterocycles. The Labute approximate surface area is 260 Å². The maximum absolute atomic E-state index is 13.9. The van der Waals surface area contributed by atoms with Gasteiger partial charge in [-0.15, -0.1) is 0 Å². The fourth-order valence-electron chi connectivity index (χ4n) is 5.67. The number of carbonyl (C=O) groups is 3. The van der Waals surface area contributed by atoms with Crippen LogP contribution >= 0.6 is 0 Å². The van der Waals surface area contributed by atoms with E-state index in [1.54, 1.807) is 26.2 Å². The van der Waals surface area contributed by atoms with Crippen LogP contribution in [0, 0.1) is 5.92 Å². The van der Waals surface area contributed by atoms with Crippen molar-refractivity contribution >= 4 is 33.8 Å². The highest BCUT2D eigenvalue weighted by molar-refractivity contribution is 7.89. The number of rotatable bonds is 12. The molecule has 0 aromatic heterocycles. The van der Waals surface area contributed by atoms with Gasteiger partial charge < -0.3 is 30.9 Å². The van der Waals surface area contributed by atoms with Crippen molar-refractivity contribution in [3.05, 3.63) is 23.8 Å². The highest BCUT2D eigenvalue weighted by Gasteiger charge is 2.39. The van der Waals surface area contributed by atoms with Gasteiger partial charge in [0.15, 0.2) is 5.96 Å². The van der Waals surface area contributed by atoms with E-state index in [1.807, 2.05) is 6.92 Å². The molecule has 2 unspecified atom stereocenters. The zero-order chi connectivity index (χ0) is 32.9. The van der Waals surface area contributed by atoms with E-state index in [4.69, 9.17) is 30.8 Å². The number of ether oxygens (including phenoxy) is 2. The molecule has 1 saturated carbocycles. The van der Waals surface area contributed by atoms with Gasteiger partial charge in [-0.3, -0.25) is 14.6 Å². The van der Waals surface area contributed by atoms with E-state index in [1.165, 1.54) is 17.4 Å². The Balaban J connectivity index is 0.00000159. The van der Waals surface area contributed by atoms with Crippen LogP contribution in [0.2, 0.25) is 0 Å². The molecular weight excluding hydrogens is 590 g/mol. The molecule has 1 aromatic rings. The van der Waals surface area contributed by atoms with Crippen LogP contribution in [-0.4, -0.2) is 81.1 Å². The Hall–Kier alpha value is -3.39. The molecule has 2 fully saturated rings. The molecule has 1 saturated heterocycles. The van der Waals surface area contributed by atoms with Crippen LogP contribution in [0.5, 0.6) is 5.75 Å². The normalized spacial score (nSPS) is 19.6. The first-order valence-corrected chi connectivity index (χ1v) is 16.7. The van der Waals surface area contributed by atoms with Crippen molar-refractivity contribution < 1.29 is 37.4 Å². The van der Waals surface area contributed by atoms with Crippen LogP contribution in [0.4, 0.5) is 0 Å². The molecular formula is C30H49N5O8S. The number of guanidine groups is 1. The maximum Gasteiger partial charge on any atom is 0.328 e. The van der Waals surface area contributed by atoms with Gasteiger partial charge in [-0.1, -0.05) is 26.2 Å². The number of sulfonamides is 1. The molecule has 14 heteroatoms. The summed E-state index contributed by atoms with van der Waals surface area (Å²) in [4.78, 5) is 41.1. The average Bonchev–Trinajstić information content (AvgIpc) is 2.98. The highest BCUT2D eigenvalue weighted by atomic mass is 32.2. The number of carbonyl (C=O) groups excluding carboxylic acids is 2. The zero-order valence-corrected chi connectivity index (χ0v) is 27.1. The second kappa shape index (κ2) is 17.8. The van der Waals surface area contributed by atoms with Gasteiger partial charge in [0.2, 0.25) is 15.9 Å². The molecule has 1 aliphatic carbocycles. The molecule has 3 rings (SSSR count). The van der Waals surface area contributed by atoms with E-state index in [9.17, 15) is 18.0 Å². The van der Waals surface area contributed by atoms with E-state index in [0.29, 0.717) is 31.6 Å². The van der Waals surface area contributed by atoms with Crippen molar-refractivity contribution in [3.63, 3.8) is 0 Å². The van der Waals surface area contributed by atoms with Gasteiger partial charge in [0.05, 0.1) is 18.6 Å². The molecule has 248 valence electrons. The number of methoxy groups -OCH3 is 1. The van der Waals surface area contributed by atoms with E-state index in [0.717, 1.165) is 38.2 Å². The number of nitrogens with two attached hydrogens (primary N) is 2. The molecule has 0 radical (unpaired) electrons. The predicted octanol–water partition coefficient (Wildman–Crippen LogP) is 2.72. The minimum absolute atomic E-state index is 0.0742. The zero-order valence-electron chi connectivity index (χ0n) is 26.3. The summed E-state index contributed by atoms with van der Waals surface area (Å²) in [5.74, 6) is -0.736. The molecule has 0 bridgehead atoms. The molecule has 44 heavy (non-hydrogen) atoms. The van der Waals surface area contributed by atoms with Crippen LogP contribution in [0.25, 0.3) is 0 Å². The topological polar surface area (TPSA) is 204 Å². The summed E-state index contributed by atoms with van der Waals surface area (Å²) < 4.78 is 40.8. The summed E-state index contributed by atoms with van der Waals surface area (Å²) in [6.45, 7) is 5.59. The molecule has 2 aliphatic rings. The van der Waals surface area contributed by atoms with E-state index < -0.39 is 40.0 Å². The van der Waals surface area contributed by atoms with Gasteiger partial charge in [-0.2, -0.15) is 4.72 Å². The lowest BCUT2D eigenvalue weighted by Crippen LogP contribution is -2.56. The first-order chi connectivity index (χ1) is 20.8. The van der Waals surface area contributed by atoms with Crippen molar-refractivity contribution in [2.45, 2.75) is 101 Å². The molecule has 3 atom stereocenters. The maximum atomic E-state index is 13.9. The van der Waals surface area contributed by atoms with Crippen LogP contribution in [0.3, 0.4) is 0 Å². The Morgan fingerprint density at radius 3 is 2.41 bits per heavy atom. The summed E-state index contributed by atoms with van der Waals surface area (Å²) in [6, 6.07) is 2.97. The van der Waals surface area contributed by atoms with E-state index in [2.05, 4.69) is 9.71 Å². The van der Waals surface area contributed by atoms with Crippen molar-refractivity contribution in [2.75, 3.05) is 26.8 Å². The average molecular weight is 640 g/mol. The van der Waals surface area contributed by atoms with Crippen LogP contribution < -0.4 is 20.9 Å². The Kier molecular flexibility index (Phi) is 14.9. The molecule has 1 heterocycles. The van der Waals surface area contributed by atoms with Gasteiger partial charge in [0.25, 0.3) is 5.97 Å². The highest BCUT2D eigenvalue weighted by Crippen LogP contribution is 2.38. The number of aliphatic carboxylic acids is 1. The number of carboxylic acids is 1. The number of piperidine rings is 1. The van der Waals surface area contributed by atoms with Gasteiger partial charge in [0.1, 0.15) is 17.8 Å². The van der Waals surface area contributed by atoms with E-state index >= 15 is 0 Å². The van der Waals surface area contributed by atoms with Crippen molar-refractivity contribution in [3.8, 4) is 5.75 Å². The number of amides is 1. The number of likely N-dealkylation sites (tertiary alicyclic amines) is 1. The molecule has 13 nitrogen and oxygen atoms in total. The second-order valence-corrected chi connectivity index (χ2v) is 13.0. The van der Waals surface area contributed by atoms with Crippen LogP contribution in [-0.2, 0) is 29.1 Å².